The van der Waals surface area contributed by atoms with Crippen LogP contribution in [-0.2, 0) is 17.8 Å². The van der Waals surface area contributed by atoms with Crippen molar-refractivity contribution in [1.82, 2.24) is 4.98 Å². The molecule has 0 saturated carbocycles. The van der Waals surface area contributed by atoms with Crippen LogP contribution in [0.3, 0.4) is 0 Å². The number of aromatic nitrogens is 1. The van der Waals surface area contributed by atoms with E-state index in [4.69, 9.17) is 26.8 Å². The summed E-state index contributed by atoms with van der Waals surface area (Å²) in [6.07, 6.45) is 4.22. The second kappa shape index (κ2) is 12.2. The zero-order chi connectivity index (χ0) is 29.9. The molecule has 1 aliphatic heterocycles. The maximum absolute atomic E-state index is 12.8. The largest absolute Gasteiger partial charge is 0.488 e. The van der Waals surface area contributed by atoms with Gasteiger partial charge in [0.05, 0.1) is 17.6 Å². The molecule has 0 atom stereocenters. The van der Waals surface area contributed by atoms with Gasteiger partial charge < -0.3 is 15.2 Å². The molecule has 42 heavy (non-hydrogen) atoms. The van der Waals surface area contributed by atoms with Gasteiger partial charge in [0.15, 0.2) is 0 Å². The van der Waals surface area contributed by atoms with Gasteiger partial charge in [-0.05, 0) is 47.0 Å². The maximum Gasteiger partial charge on any atom is 0.252 e. The summed E-state index contributed by atoms with van der Waals surface area (Å²) in [4.78, 5) is 34.1. The van der Waals surface area contributed by atoms with Crippen molar-refractivity contribution < 1.29 is 19.1 Å². The number of primary amides is 1. The first-order valence-corrected chi connectivity index (χ1v) is 14.1. The van der Waals surface area contributed by atoms with Crippen LogP contribution in [0.15, 0.2) is 89.6 Å². The minimum Gasteiger partial charge on any atom is -0.488 e. The lowest BCUT2D eigenvalue weighted by molar-refractivity contribution is -0.117. The Balaban J connectivity index is 1.31. The number of nitrogens with two attached hydrogens (primary N) is 1. The lowest BCUT2D eigenvalue weighted by Crippen LogP contribution is -2.16. The van der Waals surface area contributed by atoms with Crippen LogP contribution >= 0.6 is 11.6 Å². The average Bonchev–Trinajstić information content (AvgIpc) is 3.43. The molecule has 0 spiro atoms. The molecule has 4 aromatic rings. The van der Waals surface area contributed by atoms with E-state index in [0.717, 1.165) is 22.4 Å². The standard InChI is InChI=1S/C34H32ClN3O4/c1-34(2,3)32-14-22(19-38-32)13-24(39)15-23-9-10-25(16-28(23)35)42-30-11-12-37-29-18-31(27(33(36)40)17-26(29)30)41-20-21-7-5-4-6-8-21/h4-12,14,16-18H,13,15,19-20H2,1-3H3,(H2,36,40). The molecule has 0 saturated heterocycles. The third kappa shape index (κ3) is 6.86. The van der Waals surface area contributed by atoms with Gasteiger partial charge in [0.2, 0.25) is 0 Å². The first kappa shape index (κ1) is 29.0. The van der Waals surface area contributed by atoms with E-state index in [0.29, 0.717) is 46.1 Å². The number of carbonyl (C=O) groups is 2. The third-order valence-electron chi connectivity index (χ3n) is 6.93. The molecular formula is C34H32ClN3O4. The molecule has 2 N–H and O–H groups in total. The summed E-state index contributed by atoms with van der Waals surface area (Å²) in [5, 5.41) is 1.02. The van der Waals surface area contributed by atoms with Crippen LogP contribution in [0.1, 0.15) is 48.7 Å². The monoisotopic (exact) mass is 581 g/mol. The van der Waals surface area contributed by atoms with Crippen molar-refractivity contribution in [3.8, 4) is 17.2 Å². The van der Waals surface area contributed by atoms with E-state index in [9.17, 15) is 9.59 Å². The number of hydrogen-bond acceptors (Lipinski definition) is 6. The summed E-state index contributed by atoms with van der Waals surface area (Å²) in [5.41, 5.74) is 10.2. The van der Waals surface area contributed by atoms with Gasteiger partial charge >= 0.3 is 0 Å². The van der Waals surface area contributed by atoms with E-state index in [1.165, 1.54) is 0 Å². The van der Waals surface area contributed by atoms with Crippen molar-refractivity contribution in [2.75, 3.05) is 6.54 Å². The first-order valence-electron chi connectivity index (χ1n) is 13.7. The number of Topliss-reactive ketones (excluding diaryl/α,β-unsaturated/α-hetero) is 1. The van der Waals surface area contributed by atoms with Gasteiger partial charge in [-0.1, -0.05) is 68.8 Å². The molecule has 3 aromatic carbocycles. The van der Waals surface area contributed by atoms with Crippen molar-refractivity contribution in [1.29, 1.82) is 0 Å². The highest BCUT2D eigenvalue weighted by molar-refractivity contribution is 6.31. The lowest BCUT2D eigenvalue weighted by Gasteiger charge is -2.16. The molecule has 1 aliphatic rings. The number of ketones is 1. The van der Waals surface area contributed by atoms with Crippen LogP contribution in [0, 0.1) is 5.41 Å². The van der Waals surface area contributed by atoms with Crippen LogP contribution in [0.4, 0.5) is 0 Å². The molecule has 0 unspecified atom stereocenters. The van der Waals surface area contributed by atoms with Crippen LogP contribution in [0.2, 0.25) is 5.02 Å². The summed E-state index contributed by atoms with van der Waals surface area (Å²) < 4.78 is 12.1. The minimum atomic E-state index is -0.624. The number of allylic oxidation sites excluding steroid dienone is 1. The zero-order valence-corrected chi connectivity index (χ0v) is 24.6. The fourth-order valence-electron chi connectivity index (χ4n) is 4.71. The average molecular weight is 582 g/mol. The minimum absolute atomic E-state index is 0.0378. The van der Waals surface area contributed by atoms with Crippen molar-refractivity contribution in [3.05, 3.63) is 106 Å². The molecule has 214 valence electrons. The smallest absolute Gasteiger partial charge is 0.252 e. The highest BCUT2D eigenvalue weighted by Gasteiger charge is 2.22. The summed E-state index contributed by atoms with van der Waals surface area (Å²) in [6, 6.07) is 19.9. The van der Waals surface area contributed by atoms with E-state index in [1.807, 2.05) is 36.4 Å². The summed E-state index contributed by atoms with van der Waals surface area (Å²) in [5.74, 6) is 0.748. The highest BCUT2D eigenvalue weighted by atomic mass is 35.5. The Labute approximate surface area is 250 Å². The fourth-order valence-corrected chi connectivity index (χ4v) is 4.94. The number of ether oxygens (including phenoxy) is 2. The fraction of sp³-hybridized carbons (Fsp3) is 0.235. The first-order chi connectivity index (χ1) is 20.1. The van der Waals surface area contributed by atoms with E-state index in [2.05, 4.69) is 30.7 Å². The predicted octanol–water partition coefficient (Wildman–Crippen LogP) is 7.29. The van der Waals surface area contributed by atoms with E-state index < -0.39 is 5.91 Å². The molecular weight excluding hydrogens is 550 g/mol. The Morgan fingerprint density at radius 3 is 2.45 bits per heavy atom. The Kier molecular flexibility index (Phi) is 8.41. The number of hydrogen-bond donors (Lipinski definition) is 1. The SMILES string of the molecule is CC(C)(C)C1=NCC(CC(=O)Cc2ccc(Oc3ccnc4cc(OCc5ccccc5)c(C(N)=O)cc34)cc2Cl)=C1. The number of fused-ring (bicyclic) bond motifs is 1. The van der Waals surface area contributed by atoms with Crippen molar-refractivity contribution in [2.24, 2.45) is 16.1 Å². The Bertz CT molecular complexity index is 1720. The number of nitrogens with zero attached hydrogens (tertiary/aromatic N) is 2. The van der Waals surface area contributed by atoms with Gasteiger partial charge in [-0.2, -0.15) is 0 Å². The van der Waals surface area contributed by atoms with E-state index in [1.54, 1.807) is 42.6 Å². The molecule has 1 amide bonds. The number of rotatable bonds is 10. The molecule has 1 aromatic heterocycles. The van der Waals surface area contributed by atoms with Gasteiger partial charge in [-0.3, -0.25) is 19.6 Å². The van der Waals surface area contributed by atoms with E-state index >= 15 is 0 Å². The van der Waals surface area contributed by atoms with Crippen LogP contribution in [-0.4, -0.2) is 28.9 Å². The number of benzene rings is 3. The van der Waals surface area contributed by atoms with Gasteiger partial charge in [0.25, 0.3) is 5.91 Å². The molecule has 0 bridgehead atoms. The van der Waals surface area contributed by atoms with Gasteiger partial charge in [-0.25, -0.2) is 0 Å². The normalized spacial score (nSPS) is 13.0. The highest BCUT2D eigenvalue weighted by Crippen LogP contribution is 2.35. The topological polar surface area (TPSA) is 104 Å². The predicted molar refractivity (Wildman–Crippen MR) is 166 cm³/mol. The van der Waals surface area contributed by atoms with Crippen LogP contribution in [0.5, 0.6) is 17.2 Å². The Hall–Kier alpha value is -4.49. The second-order valence-corrected chi connectivity index (χ2v) is 11.7. The van der Waals surface area contributed by atoms with Crippen molar-refractivity contribution in [2.45, 2.75) is 40.2 Å². The van der Waals surface area contributed by atoms with Gasteiger partial charge in [0, 0.05) is 46.6 Å². The van der Waals surface area contributed by atoms with Gasteiger partial charge in [0.1, 0.15) is 29.6 Å². The molecule has 8 heteroatoms. The molecule has 2 heterocycles. The molecule has 7 nitrogen and oxygen atoms in total. The van der Waals surface area contributed by atoms with Crippen molar-refractivity contribution >= 4 is 39.9 Å². The summed E-state index contributed by atoms with van der Waals surface area (Å²) in [6.45, 7) is 7.18. The maximum atomic E-state index is 12.8. The number of pyridine rings is 1. The molecule has 0 fully saturated rings. The number of halogens is 1. The van der Waals surface area contributed by atoms with Crippen LogP contribution < -0.4 is 15.2 Å². The third-order valence-corrected chi connectivity index (χ3v) is 7.28. The molecule has 5 rings (SSSR count). The number of carbonyl (C=O) groups excluding carboxylic acids is 2. The number of aliphatic imine (C=N–C) groups is 1. The Morgan fingerprint density at radius 1 is 0.976 bits per heavy atom. The molecule has 0 radical (unpaired) electrons. The summed E-state index contributed by atoms with van der Waals surface area (Å²) >= 11 is 6.57. The van der Waals surface area contributed by atoms with E-state index in [-0.39, 0.29) is 29.8 Å². The second-order valence-electron chi connectivity index (χ2n) is 11.3. The van der Waals surface area contributed by atoms with Crippen LogP contribution in [0.25, 0.3) is 10.9 Å². The van der Waals surface area contributed by atoms with Crippen molar-refractivity contribution in [3.63, 3.8) is 0 Å². The summed E-state index contributed by atoms with van der Waals surface area (Å²) in [7, 11) is 0. The number of amides is 1. The lowest BCUT2D eigenvalue weighted by atomic mass is 9.89. The zero-order valence-electron chi connectivity index (χ0n) is 23.8. The molecule has 0 aliphatic carbocycles. The quantitative estimate of drug-likeness (QED) is 0.212. The van der Waals surface area contributed by atoms with Gasteiger partial charge in [-0.15, -0.1) is 0 Å². The Morgan fingerprint density at radius 2 is 1.76 bits per heavy atom.